The summed E-state index contributed by atoms with van der Waals surface area (Å²) in [6, 6.07) is 0. The Balaban J connectivity index is 3.61. The maximum absolute atomic E-state index is 5.48. The monoisotopic (exact) mass is 350 g/mol. The molecule has 1 rings (SSSR count). The van der Waals surface area contributed by atoms with Gasteiger partial charge in [-0.1, -0.05) is 31.9 Å². The minimum atomic E-state index is 0.759. The molecule has 0 saturated carbocycles. The number of ether oxygens (including phenoxy) is 2. The predicted molar refractivity (Wildman–Crippen MR) is 74.3 cm³/mol. The van der Waals surface area contributed by atoms with Gasteiger partial charge >= 0.3 is 0 Å². The van der Waals surface area contributed by atoms with Crippen LogP contribution in [-0.4, -0.2) is 14.2 Å². The summed E-state index contributed by atoms with van der Waals surface area (Å²) in [4.78, 5) is 0. The fourth-order valence-electron chi connectivity index (χ4n) is 1.90. The Morgan fingerprint density at radius 1 is 0.812 bits per heavy atom. The van der Waals surface area contributed by atoms with Crippen molar-refractivity contribution in [1.29, 1.82) is 0 Å². The van der Waals surface area contributed by atoms with Crippen LogP contribution < -0.4 is 9.47 Å². The Bertz CT molecular complexity index is 352. The third-order valence-electron chi connectivity index (χ3n) is 2.83. The Morgan fingerprint density at radius 2 is 1.12 bits per heavy atom. The molecule has 0 atom stereocenters. The van der Waals surface area contributed by atoms with Gasteiger partial charge in [-0.2, -0.15) is 0 Å². The molecule has 0 fully saturated rings. The average molecular weight is 352 g/mol. The van der Waals surface area contributed by atoms with Crippen molar-refractivity contribution in [3.8, 4) is 11.5 Å². The van der Waals surface area contributed by atoms with Crippen LogP contribution in [0.15, 0.2) is 0 Å². The van der Waals surface area contributed by atoms with Gasteiger partial charge in [0.05, 0.1) is 14.2 Å². The summed E-state index contributed by atoms with van der Waals surface area (Å²) < 4.78 is 11.0. The summed E-state index contributed by atoms with van der Waals surface area (Å²) in [5.74, 6) is 1.90. The van der Waals surface area contributed by atoms with Gasteiger partial charge in [0, 0.05) is 21.8 Å². The minimum Gasteiger partial charge on any atom is -0.496 e. The first-order valence-electron chi connectivity index (χ1n) is 4.97. The van der Waals surface area contributed by atoms with E-state index < -0.39 is 0 Å². The van der Waals surface area contributed by atoms with E-state index in [4.69, 9.17) is 9.47 Å². The van der Waals surface area contributed by atoms with Crippen molar-refractivity contribution in [1.82, 2.24) is 0 Å². The molecule has 2 nitrogen and oxygen atoms in total. The number of hydrogen-bond donors (Lipinski definition) is 0. The first-order valence-corrected chi connectivity index (χ1v) is 7.21. The van der Waals surface area contributed by atoms with Crippen molar-refractivity contribution in [2.45, 2.75) is 24.5 Å². The number of rotatable bonds is 4. The van der Waals surface area contributed by atoms with E-state index in [1.807, 2.05) is 0 Å². The van der Waals surface area contributed by atoms with Crippen molar-refractivity contribution in [2.75, 3.05) is 14.2 Å². The Labute approximate surface area is 114 Å². The van der Waals surface area contributed by atoms with E-state index in [0.29, 0.717) is 0 Å². The molecule has 1 aromatic carbocycles. The fraction of sp³-hybridized carbons (Fsp3) is 0.500. The topological polar surface area (TPSA) is 18.5 Å². The SMILES string of the molecule is COc1c(C)c(C)c(OC)c(CBr)c1CBr. The lowest BCUT2D eigenvalue weighted by molar-refractivity contribution is 0.392. The van der Waals surface area contributed by atoms with Crippen LogP contribution in [0.2, 0.25) is 0 Å². The molecule has 0 amide bonds. The second kappa shape index (κ2) is 5.92. The summed E-state index contributed by atoms with van der Waals surface area (Å²) in [6.07, 6.45) is 0. The number of benzene rings is 1. The molecule has 0 bridgehead atoms. The van der Waals surface area contributed by atoms with E-state index in [1.54, 1.807) is 14.2 Å². The Kier molecular flexibility index (Phi) is 5.12. The lowest BCUT2D eigenvalue weighted by Crippen LogP contribution is -2.04. The van der Waals surface area contributed by atoms with Gasteiger partial charge in [-0.3, -0.25) is 0 Å². The second-order valence-electron chi connectivity index (χ2n) is 3.54. The van der Waals surface area contributed by atoms with Crippen LogP contribution >= 0.6 is 31.9 Å². The molecule has 0 heterocycles. The van der Waals surface area contributed by atoms with Crippen molar-refractivity contribution < 1.29 is 9.47 Å². The molecule has 0 saturated heterocycles. The van der Waals surface area contributed by atoms with Crippen molar-refractivity contribution in [2.24, 2.45) is 0 Å². The molecule has 0 radical (unpaired) electrons. The molecule has 0 unspecified atom stereocenters. The maximum atomic E-state index is 5.48. The van der Waals surface area contributed by atoms with Crippen LogP contribution in [0, 0.1) is 13.8 Å². The van der Waals surface area contributed by atoms with E-state index in [1.165, 1.54) is 0 Å². The lowest BCUT2D eigenvalue weighted by atomic mass is 9.98. The largest absolute Gasteiger partial charge is 0.496 e. The first-order chi connectivity index (χ1) is 7.62. The van der Waals surface area contributed by atoms with Crippen LogP contribution in [0.25, 0.3) is 0 Å². The average Bonchev–Trinajstić information content (AvgIpc) is 2.31. The molecular formula is C12H16Br2O2. The highest BCUT2D eigenvalue weighted by Crippen LogP contribution is 2.40. The summed E-state index contributed by atoms with van der Waals surface area (Å²) in [7, 11) is 3.41. The zero-order valence-electron chi connectivity index (χ0n) is 9.99. The van der Waals surface area contributed by atoms with Gasteiger partial charge in [-0.25, -0.2) is 0 Å². The number of halogens is 2. The Morgan fingerprint density at radius 3 is 1.31 bits per heavy atom. The molecule has 0 aliphatic heterocycles. The Hall–Kier alpha value is -0.220. The van der Waals surface area contributed by atoms with Crippen LogP contribution in [0.1, 0.15) is 22.3 Å². The summed E-state index contributed by atoms with van der Waals surface area (Å²) in [5, 5.41) is 1.52. The van der Waals surface area contributed by atoms with Crippen LogP contribution in [0.3, 0.4) is 0 Å². The normalized spacial score (nSPS) is 10.4. The van der Waals surface area contributed by atoms with E-state index >= 15 is 0 Å². The molecule has 1 aromatic rings. The quantitative estimate of drug-likeness (QED) is 0.760. The molecule has 0 N–H and O–H groups in total. The van der Waals surface area contributed by atoms with Gasteiger partial charge in [0.2, 0.25) is 0 Å². The predicted octanol–water partition coefficient (Wildman–Crippen LogP) is 4.11. The smallest absolute Gasteiger partial charge is 0.126 e. The van der Waals surface area contributed by atoms with Crippen molar-refractivity contribution in [3.63, 3.8) is 0 Å². The zero-order chi connectivity index (χ0) is 12.3. The van der Waals surface area contributed by atoms with Gasteiger partial charge in [-0.15, -0.1) is 0 Å². The maximum Gasteiger partial charge on any atom is 0.126 e. The fourth-order valence-corrected chi connectivity index (χ4v) is 3.09. The van der Waals surface area contributed by atoms with E-state index in [2.05, 4.69) is 45.7 Å². The van der Waals surface area contributed by atoms with Crippen LogP contribution in [-0.2, 0) is 10.7 Å². The van der Waals surface area contributed by atoms with Gasteiger partial charge in [-0.05, 0) is 25.0 Å². The summed E-state index contributed by atoms with van der Waals surface area (Å²) in [6.45, 7) is 4.11. The van der Waals surface area contributed by atoms with Gasteiger partial charge in [0.25, 0.3) is 0 Å². The van der Waals surface area contributed by atoms with Gasteiger partial charge < -0.3 is 9.47 Å². The molecule has 90 valence electrons. The third-order valence-corrected chi connectivity index (χ3v) is 3.95. The van der Waals surface area contributed by atoms with Gasteiger partial charge in [0.1, 0.15) is 11.5 Å². The molecule has 4 heteroatoms. The molecular weight excluding hydrogens is 336 g/mol. The standard InChI is InChI=1S/C12H16Br2O2/c1-7-8(2)12(16-4)10(6-14)9(5-13)11(7)15-3/h5-6H2,1-4H3. The highest BCUT2D eigenvalue weighted by molar-refractivity contribution is 9.09. The molecule has 16 heavy (non-hydrogen) atoms. The van der Waals surface area contributed by atoms with Crippen LogP contribution in [0.5, 0.6) is 11.5 Å². The molecule has 0 aliphatic carbocycles. The highest BCUT2D eigenvalue weighted by Gasteiger charge is 2.19. The number of alkyl halides is 2. The summed E-state index contributed by atoms with van der Waals surface area (Å²) >= 11 is 7.01. The van der Waals surface area contributed by atoms with Crippen LogP contribution in [0.4, 0.5) is 0 Å². The van der Waals surface area contributed by atoms with E-state index in [0.717, 1.165) is 44.4 Å². The molecule has 0 spiro atoms. The van der Waals surface area contributed by atoms with E-state index in [-0.39, 0.29) is 0 Å². The van der Waals surface area contributed by atoms with Crippen molar-refractivity contribution in [3.05, 3.63) is 22.3 Å². The zero-order valence-corrected chi connectivity index (χ0v) is 13.2. The van der Waals surface area contributed by atoms with Crippen molar-refractivity contribution >= 4 is 31.9 Å². The van der Waals surface area contributed by atoms with Gasteiger partial charge in [0.15, 0.2) is 0 Å². The summed E-state index contributed by atoms with van der Waals surface area (Å²) in [5.41, 5.74) is 4.58. The third kappa shape index (κ3) is 2.23. The molecule has 0 aromatic heterocycles. The number of methoxy groups -OCH3 is 2. The highest BCUT2D eigenvalue weighted by atomic mass is 79.9. The molecule has 0 aliphatic rings. The second-order valence-corrected chi connectivity index (χ2v) is 4.66. The minimum absolute atomic E-state index is 0.759. The lowest BCUT2D eigenvalue weighted by Gasteiger charge is -2.20. The van der Waals surface area contributed by atoms with E-state index in [9.17, 15) is 0 Å². The number of hydrogen-bond acceptors (Lipinski definition) is 2. The first kappa shape index (κ1) is 13.8.